The van der Waals surface area contributed by atoms with E-state index in [1.54, 1.807) is 43.3 Å². The Labute approximate surface area is 174 Å². The van der Waals surface area contributed by atoms with Crippen molar-refractivity contribution >= 4 is 60.5 Å². The second-order valence-electron chi connectivity index (χ2n) is 6.05. The molecule has 0 saturated heterocycles. The lowest BCUT2D eigenvalue weighted by Crippen LogP contribution is -2.21. The quantitative estimate of drug-likeness (QED) is 0.299. The van der Waals surface area contributed by atoms with Crippen molar-refractivity contribution in [3.05, 3.63) is 64.0 Å². The van der Waals surface area contributed by atoms with Crippen LogP contribution in [0.5, 0.6) is 0 Å². The van der Waals surface area contributed by atoms with Crippen LogP contribution in [-0.4, -0.2) is 35.7 Å². The highest BCUT2D eigenvalue weighted by Crippen LogP contribution is 2.32. The number of halogens is 2. The van der Waals surface area contributed by atoms with Crippen molar-refractivity contribution in [3.8, 4) is 0 Å². The summed E-state index contributed by atoms with van der Waals surface area (Å²) in [6, 6.07) is 8.21. The molecule has 1 aromatic heterocycles. The van der Waals surface area contributed by atoms with Crippen molar-refractivity contribution in [1.29, 1.82) is 5.41 Å². The van der Waals surface area contributed by atoms with Crippen LogP contribution in [0.3, 0.4) is 0 Å². The summed E-state index contributed by atoms with van der Waals surface area (Å²) in [6.07, 6.45) is 1.36. The molecule has 0 unspecified atom stereocenters. The lowest BCUT2D eigenvalue weighted by atomic mass is 10.1. The van der Waals surface area contributed by atoms with Crippen molar-refractivity contribution in [3.63, 3.8) is 0 Å². The average molecular weight is 461 g/mol. The number of benzene rings is 2. The fraction of sp³-hybridized carbons (Fsp3) is 0.105. The van der Waals surface area contributed by atoms with Crippen LogP contribution in [0.2, 0.25) is 0 Å². The van der Waals surface area contributed by atoms with Gasteiger partial charge in [0.1, 0.15) is 11.7 Å². The lowest BCUT2D eigenvalue weighted by molar-refractivity contribution is 0.619. The fourth-order valence-corrected chi connectivity index (χ4v) is 4.00. The molecular formula is C19H18BrFN6S. The lowest BCUT2D eigenvalue weighted by Gasteiger charge is -2.13. The van der Waals surface area contributed by atoms with E-state index in [-0.39, 0.29) is 5.69 Å². The van der Waals surface area contributed by atoms with Gasteiger partial charge in [0.25, 0.3) is 0 Å². The summed E-state index contributed by atoms with van der Waals surface area (Å²) in [5, 5.41) is 11.7. The largest absolute Gasteiger partial charge is 0.398 e. The Balaban J connectivity index is 2.14. The van der Waals surface area contributed by atoms with Gasteiger partial charge in [-0.25, -0.2) is 14.4 Å². The van der Waals surface area contributed by atoms with Crippen molar-refractivity contribution in [2.45, 2.75) is 0 Å². The topological polar surface area (TPSA) is 90.4 Å². The third-order valence-electron chi connectivity index (χ3n) is 3.88. The Morgan fingerprint density at radius 1 is 1.39 bits per heavy atom. The number of hydrogen-bond acceptors (Lipinski definition) is 5. The Morgan fingerprint density at radius 3 is 2.79 bits per heavy atom. The molecular weight excluding hydrogens is 443 g/mol. The molecule has 4 N–H and O–H groups in total. The number of fused-ring (bicyclic) bond motifs is 1. The van der Waals surface area contributed by atoms with Crippen molar-refractivity contribution in [1.82, 2.24) is 9.88 Å². The van der Waals surface area contributed by atoms with Gasteiger partial charge in [0.05, 0.1) is 21.5 Å². The molecule has 0 fully saturated rings. The number of aliphatic imine (C=N–C) groups is 1. The molecule has 0 amide bonds. The van der Waals surface area contributed by atoms with E-state index in [4.69, 9.17) is 11.1 Å². The van der Waals surface area contributed by atoms with Gasteiger partial charge in [-0.2, -0.15) is 0 Å². The number of hydrogen-bond donors (Lipinski definition) is 3. The normalized spacial score (nSPS) is 11.5. The minimum Gasteiger partial charge on any atom is -0.398 e. The first-order valence-corrected chi connectivity index (χ1v) is 9.79. The van der Waals surface area contributed by atoms with Crippen molar-refractivity contribution in [2.75, 3.05) is 25.1 Å². The summed E-state index contributed by atoms with van der Waals surface area (Å²) >= 11 is 4.58. The summed E-state index contributed by atoms with van der Waals surface area (Å²) in [6.45, 7) is 3.65. The number of nitrogens with two attached hydrogens (primary N) is 1. The van der Waals surface area contributed by atoms with Crippen LogP contribution in [0, 0.1) is 11.2 Å². The molecule has 6 nitrogen and oxygen atoms in total. The molecule has 0 saturated carbocycles. The van der Waals surface area contributed by atoms with Gasteiger partial charge in [-0.1, -0.05) is 22.5 Å². The summed E-state index contributed by atoms with van der Waals surface area (Å²) in [5.74, 6) is 0.210. The van der Waals surface area contributed by atoms with E-state index in [0.29, 0.717) is 37.9 Å². The van der Waals surface area contributed by atoms with E-state index < -0.39 is 5.82 Å². The Bertz CT molecular complexity index is 1110. The number of aromatic nitrogens is 1. The Morgan fingerprint density at radius 2 is 2.14 bits per heavy atom. The van der Waals surface area contributed by atoms with Gasteiger partial charge in [-0.3, -0.25) is 5.41 Å². The maximum atomic E-state index is 14.3. The minimum absolute atomic E-state index is 0.256. The number of thiazole rings is 1. The predicted octanol–water partition coefficient (Wildman–Crippen LogP) is 4.67. The third kappa shape index (κ3) is 3.90. The summed E-state index contributed by atoms with van der Waals surface area (Å²) in [5.41, 5.74) is 8.23. The maximum absolute atomic E-state index is 14.3. The van der Waals surface area contributed by atoms with Gasteiger partial charge in [0, 0.05) is 30.5 Å². The van der Waals surface area contributed by atoms with E-state index in [0.717, 1.165) is 4.70 Å². The predicted molar refractivity (Wildman–Crippen MR) is 119 cm³/mol. The fourth-order valence-electron chi connectivity index (χ4n) is 2.51. The van der Waals surface area contributed by atoms with Crippen LogP contribution >= 0.6 is 27.3 Å². The number of anilines is 2. The molecule has 1 heterocycles. The second kappa shape index (κ2) is 8.07. The zero-order valence-electron chi connectivity index (χ0n) is 15.3. The number of nitrogens with one attached hydrogen (secondary N) is 2. The average Bonchev–Trinajstić information content (AvgIpc) is 3.06. The summed E-state index contributed by atoms with van der Waals surface area (Å²) < 4.78 is 15.7. The SMILES string of the molecule is C=CN=C(Nc1ccc(Br)cc1F)c1c(N)ccc2nc(C(=N)N(C)C)sc12. The highest BCUT2D eigenvalue weighted by Gasteiger charge is 2.19. The zero-order valence-corrected chi connectivity index (χ0v) is 17.7. The highest BCUT2D eigenvalue weighted by atomic mass is 79.9. The molecule has 3 rings (SSSR count). The van der Waals surface area contributed by atoms with Crippen LogP contribution in [0.4, 0.5) is 15.8 Å². The Kier molecular flexibility index (Phi) is 5.76. The van der Waals surface area contributed by atoms with Gasteiger partial charge < -0.3 is 16.0 Å². The smallest absolute Gasteiger partial charge is 0.159 e. The van der Waals surface area contributed by atoms with E-state index in [1.165, 1.54) is 23.6 Å². The molecule has 0 aliphatic rings. The molecule has 28 heavy (non-hydrogen) atoms. The monoisotopic (exact) mass is 460 g/mol. The first kappa shape index (κ1) is 20.0. The molecule has 0 bridgehead atoms. The number of nitrogen functional groups attached to an aromatic ring is 1. The van der Waals surface area contributed by atoms with Gasteiger partial charge in [-0.15, -0.1) is 11.3 Å². The molecule has 0 atom stereocenters. The summed E-state index contributed by atoms with van der Waals surface area (Å²) in [7, 11) is 3.57. The van der Waals surface area contributed by atoms with Crippen LogP contribution in [-0.2, 0) is 0 Å². The third-order valence-corrected chi connectivity index (χ3v) is 5.47. The van der Waals surface area contributed by atoms with E-state index in [2.05, 4.69) is 37.8 Å². The zero-order chi connectivity index (χ0) is 20.4. The van der Waals surface area contributed by atoms with Gasteiger partial charge in [-0.05, 0) is 30.3 Å². The molecule has 0 aliphatic heterocycles. The van der Waals surface area contributed by atoms with Gasteiger partial charge in [0.2, 0.25) is 0 Å². The van der Waals surface area contributed by atoms with Gasteiger partial charge in [0.15, 0.2) is 10.8 Å². The first-order chi connectivity index (χ1) is 13.3. The van der Waals surface area contributed by atoms with Crippen molar-refractivity contribution in [2.24, 2.45) is 4.99 Å². The second-order valence-corrected chi connectivity index (χ2v) is 7.96. The molecule has 144 valence electrons. The molecule has 0 aliphatic carbocycles. The van der Waals surface area contributed by atoms with Crippen LogP contribution < -0.4 is 11.1 Å². The summed E-state index contributed by atoms with van der Waals surface area (Å²) in [4.78, 5) is 10.5. The van der Waals surface area contributed by atoms with Crippen LogP contribution in [0.15, 0.2) is 52.6 Å². The minimum atomic E-state index is -0.434. The van der Waals surface area contributed by atoms with E-state index in [1.807, 2.05) is 0 Å². The molecule has 3 aromatic rings. The molecule has 2 aromatic carbocycles. The number of nitrogens with zero attached hydrogens (tertiary/aromatic N) is 3. The van der Waals surface area contributed by atoms with Crippen LogP contribution in [0.25, 0.3) is 10.2 Å². The number of rotatable bonds is 4. The van der Waals surface area contributed by atoms with E-state index >= 15 is 0 Å². The maximum Gasteiger partial charge on any atom is 0.159 e. The van der Waals surface area contributed by atoms with Crippen LogP contribution in [0.1, 0.15) is 10.6 Å². The molecule has 0 radical (unpaired) electrons. The standard InChI is InChI=1S/C19H18BrFN6S/c1-4-24-18(25-13-7-5-10(20)9-11(13)21)15-12(22)6-8-14-16(15)28-19(26-14)17(23)27(2)3/h4-9,23H,1,22H2,2-3H3,(H,24,25). The molecule has 0 spiro atoms. The first-order valence-electron chi connectivity index (χ1n) is 8.18. The highest BCUT2D eigenvalue weighted by molar-refractivity contribution is 9.10. The van der Waals surface area contributed by atoms with Gasteiger partial charge >= 0.3 is 0 Å². The van der Waals surface area contributed by atoms with E-state index in [9.17, 15) is 4.39 Å². The Hall–Kier alpha value is -2.78. The number of amidine groups is 2. The van der Waals surface area contributed by atoms with Crippen molar-refractivity contribution < 1.29 is 4.39 Å². The molecule has 9 heteroatoms.